The molecule has 0 saturated carbocycles. The molecule has 2 aliphatic heterocycles. The van der Waals surface area contributed by atoms with Crippen LogP contribution in [0.4, 0.5) is 0 Å². The number of aliphatic hydroxyl groups is 1. The number of hydrogen-bond acceptors (Lipinski definition) is 5. The fourth-order valence-electron chi connectivity index (χ4n) is 4.99. The van der Waals surface area contributed by atoms with Gasteiger partial charge in [-0.3, -0.25) is 0 Å². The highest BCUT2D eigenvalue weighted by molar-refractivity contribution is 5.84. The van der Waals surface area contributed by atoms with Crippen LogP contribution in [0.3, 0.4) is 0 Å². The van der Waals surface area contributed by atoms with Gasteiger partial charge >= 0.3 is 0 Å². The lowest BCUT2D eigenvalue weighted by Crippen LogP contribution is -2.51. The lowest BCUT2D eigenvalue weighted by atomic mass is 9.90. The van der Waals surface area contributed by atoms with Gasteiger partial charge in [-0.15, -0.1) is 0 Å². The van der Waals surface area contributed by atoms with Gasteiger partial charge in [0.1, 0.15) is 11.2 Å². The van der Waals surface area contributed by atoms with Crippen molar-refractivity contribution in [3.8, 4) is 0 Å². The predicted molar refractivity (Wildman–Crippen MR) is 122 cm³/mol. The number of aromatic amines is 1. The fraction of sp³-hybridized carbons (Fsp3) is 0.333. The molecular formula is C24H26N6O. The molecule has 1 fully saturated rings. The van der Waals surface area contributed by atoms with Crippen LogP contribution in [0, 0.1) is 0 Å². The Kier molecular flexibility index (Phi) is 4.33. The molecular weight excluding hydrogens is 388 g/mol. The molecule has 1 atom stereocenters. The summed E-state index contributed by atoms with van der Waals surface area (Å²) in [6.45, 7) is 3.23. The molecule has 3 N–H and O–H groups in total. The minimum atomic E-state index is -0.971. The number of rotatable bonds is 3. The van der Waals surface area contributed by atoms with Crippen LogP contribution in [0.25, 0.3) is 27.6 Å². The number of β-amino-alcohol motifs (C(OH)–C–C–N with tert-alkyl or cyclic N) is 1. The Bertz CT molecular complexity index is 1250. The molecule has 1 unspecified atom stereocenters. The second-order valence-electron chi connectivity index (χ2n) is 8.60. The van der Waals surface area contributed by atoms with Gasteiger partial charge in [0.25, 0.3) is 0 Å². The average Bonchev–Trinajstić information content (AvgIpc) is 3.42. The summed E-state index contributed by atoms with van der Waals surface area (Å²) in [4.78, 5) is 12.5. The largest absolute Gasteiger partial charge is 0.382 e. The molecule has 0 amide bonds. The second kappa shape index (κ2) is 7.21. The normalized spacial score (nSPS) is 22.2. The van der Waals surface area contributed by atoms with Crippen molar-refractivity contribution < 1.29 is 5.11 Å². The third-order valence-electron chi connectivity index (χ3n) is 6.52. The van der Waals surface area contributed by atoms with Crippen molar-refractivity contribution in [1.82, 2.24) is 24.9 Å². The van der Waals surface area contributed by atoms with E-state index in [0.717, 1.165) is 65.9 Å². The van der Waals surface area contributed by atoms with Gasteiger partial charge < -0.3 is 20.4 Å². The highest BCUT2D eigenvalue weighted by Gasteiger charge is 2.38. The molecule has 0 aromatic carbocycles. The molecule has 2 aliphatic rings. The second-order valence-corrected chi connectivity index (χ2v) is 8.60. The smallest absolute Gasteiger partial charge is 0.159 e. The molecule has 0 bridgehead atoms. The van der Waals surface area contributed by atoms with Crippen LogP contribution in [0.2, 0.25) is 0 Å². The zero-order valence-electron chi connectivity index (χ0n) is 17.4. The maximum absolute atomic E-state index is 11.7. The van der Waals surface area contributed by atoms with E-state index in [1.165, 1.54) is 5.57 Å². The average molecular weight is 415 g/mol. The molecule has 6 rings (SSSR count). The quantitative estimate of drug-likeness (QED) is 0.480. The Hall–Kier alpha value is -3.16. The van der Waals surface area contributed by atoms with Gasteiger partial charge in [-0.05, 0) is 67.8 Å². The Morgan fingerprint density at radius 1 is 1.06 bits per heavy atom. The van der Waals surface area contributed by atoms with Gasteiger partial charge in [-0.25, -0.2) is 14.6 Å². The maximum Gasteiger partial charge on any atom is 0.159 e. The first kappa shape index (κ1) is 18.6. The zero-order valence-corrected chi connectivity index (χ0v) is 17.4. The van der Waals surface area contributed by atoms with E-state index < -0.39 is 5.60 Å². The molecule has 1 saturated heterocycles. The van der Waals surface area contributed by atoms with Crippen molar-refractivity contribution in [3.63, 3.8) is 0 Å². The van der Waals surface area contributed by atoms with Gasteiger partial charge in [0.2, 0.25) is 0 Å². The van der Waals surface area contributed by atoms with E-state index in [0.29, 0.717) is 13.0 Å². The number of piperidine rings is 1. The summed E-state index contributed by atoms with van der Waals surface area (Å²) >= 11 is 0. The van der Waals surface area contributed by atoms with Crippen molar-refractivity contribution in [3.05, 3.63) is 66.3 Å². The van der Waals surface area contributed by atoms with E-state index in [1.807, 2.05) is 30.5 Å². The fourth-order valence-corrected chi connectivity index (χ4v) is 4.99. The Morgan fingerprint density at radius 3 is 2.77 bits per heavy atom. The van der Waals surface area contributed by atoms with Crippen molar-refractivity contribution in [1.29, 1.82) is 0 Å². The van der Waals surface area contributed by atoms with Crippen LogP contribution < -0.4 is 10.3 Å². The summed E-state index contributed by atoms with van der Waals surface area (Å²) in [6.07, 6.45) is 8.56. The van der Waals surface area contributed by atoms with E-state index in [-0.39, 0.29) is 0 Å². The van der Waals surface area contributed by atoms with Crippen LogP contribution in [0.15, 0.2) is 54.9 Å². The van der Waals surface area contributed by atoms with E-state index in [9.17, 15) is 5.11 Å². The van der Waals surface area contributed by atoms with Crippen molar-refractivity contribution in [2.75, 3.05) is 31.2 Å². The van der Waals surface area contributed by atoms with E-state index in [1.54, 1.807) is 6.20 Å². The summed E-state index contributed by atoms with van der Waals surface area (Å²) < 4.78 is 2.22. The molecule has 0 aliphatic carbocycles. The molecule has 6 heterocycles. The first-order chi connectivity index (χ1) is 15.2. The molecule has 158 valence electrons. The Labute approximate surface area is 180 Å². The Balaban J connectivity index is 1.43. The monoisotopic (exact) mass is 414 g/mol. The number of aromatic nitrogens is 4. The third-order valence-corrected chi connectivity index (χ3v) is 6.52. The summed E-state index contributed by atoms with van der Waals surface area (Å²) in [6, 6.07) is 12.3. The van der Waals surface area contributed by atoms with E-state index in [4.69, 9.17) is 4.98 Å². The van der Waals surface area contributed by atoms with Crippen molar-refractivity contribution in [2.24, 2.45) is 0 Å². The van der Waals surface area contributed by atoms with E-state index in [2.05, 4.69) is 43.2 Å². The number of H-pyrrole nitrogens is 1. The van der Waals surface area contributed by atoms with Crippen LogP contribution >= 0.6 is 0 Å². The molecule has 7 nitrogen and oxygen atoms in total. The third kappa shape index (κ3) is 3.12. The van der Waals surface area contributed by atoms with Crippen LogP contribution in [0.1, 0.15) is 30.7 Å². The van der Waals surface area contributed by atoms with Crippen LogP contribution in [-0.2, 0) is 5.60 Å². The molecule has 0 radical (unpaired) electrons. The number of hydrogen-bond donors (Lipinski definition) is 3. The number of nitrogens with zero attached hydrogens (tertiary/aromatic N) is 4. The predicted octanol–water partition coefficient (Wildman–Crippen LogP) is 2.91. The number of pyridine rings is 2. The summed E-state index contributed by atoms with van der Waals surface area (Å²) in [5.41, 5.74) is 4.05. The maximum atomic E-state index is 11.7. The van der Waals surface area contributed by atoms with Crippen LogP contribution in [-0.4, -0.2) is 50.9 Å². The van der Waals surface area contributed by atoms with Crippen molar-refractivity contribution in [2.45, 2.75) is 24.9 Å². The van der Waals surface area contributed by atoms with Gasteiger partial charge in [0, 0.05) is 36.3 Å². The summed E-state index contributed by atoms with van der Waals surface area (Å²) in [5.74, 6) is 0. The van der Waals surface area contributed by atoms with Gasteiger partial charge in [0.15, 0.2) is 5.65 Å². The molecule has 0 spiro atoms. The molecule has 4 aromatic heterocycles. The standard InChI is InChI=1S/C24H26N6O/c31-24(21-14-17-5-2-10-26-22(17)28-21)8-4-12-29(16-24)30-20(19-7-1-9-25-15-19)13-18-6-3-11-27-23(18)30/h2-3,5-7,10-11,13-14,25,31H,1,4,8-9,12,15-16H2,(H,26,28). The van der Waals surface area contributed by atoms with Crippen LogP contribution in [0.5, 0.6) is 0 Å². The van der Waals surface area contributed by atoms with Gasteiger partial charge in [-0.1, -0.05) is 6.08 Å². The highest BCUT2D eigenvalue weighted by Crippen LogP contribution is 2.34. The SMILES string of the molecule is OC1(c2cc3cccnc3[nH]2)CCCN(n2c(C3=CCCNC3)cc3cccnc32)C1. The number of nitrogens with one attached hydrogen (secondary N) is 2. The minimum Gasteiger partial charge on any atom is -0.382 e. The number of fused-ring (bicyclic) bond motifs is 2. The lowest BCUT2D eigenvalue weighted by molar-refractivity contribution is 0.0117. The zero-order chi connectivity index (χ0) is 20.8. The first-order valence-corrected chi connectivity index (χ1v) is 11.0. The molecule has 7 heteroatoms. The summed E-state index contributed by atoms with van der Waals surface area (Å²) in [7, 11) is 0. The molecule has 4 aromatic rings. The van der Waals surface area contributed by atoms with Gasteiger partial charge in [-0.2, -0.15) is 0 Å². The van der Waals surface area contributed by atoms with E-state index >= 15 is 0 Å². The van der Waals surface area contributed by atoms with Crippen molar-refractivity contribution >= 4 is 27.6 Å². The van der Waals surface area contributed by atoms with Gasteiger partial charge in [0.05, 0.1) is 17.9 Å². The first-order valence-electron chi connectivity index (χ1n) is 11.0. The minimum absolute atomic E-state index is 0.494. The molecule has 31 heavy (non-hydrogen) atoms. The lowest BCUT2D eigenvalue weighted by Gasteiger charge is -2.41. The topological polar surface area (TPSA) is 82.0 Å². The highest BCUT2D eigenvalue weighted by atomic mass is 16.3. The summed E-state index contributed by atoms with van der Waals surface area (Å²) in [5, 5.41) is 19.6. The Morgan fingerprint density at radius 2 is 1.94 bits per heavy atom.